The molecule has 0 saturated carbocycles. The van der Waals surface area contributed by atoms with Crippen molar-refractivity contribution in [3.63, 3.8) is 0 Å². The van der Waals surface area contributed by atoms with Crippen LogP contribution < -0.4 is 0 Å². The lowest BCUT2D eigenvalue weighted by atomic mass is 10.2. The molecule has 0 amide bonds. The molecule has 0 fully saturated rings. The van der Waals surface area contributed by atoms with Crippen molar-refractivity contribution in [1.82, 2.24) is 4.90 Å². The molecule has 1 rings (SSSR count). The van der Waals surface area contributed by atoms with Crippen LogP contribution in [0.1, 0.15) is 5.56 Å². The molecule has 1 aromatic carbocycles. The Morgan fingerprint density at radius 3 is 2.92 bits per heavy atom. The molecule has 0 N–H and O–H groups in total. The molecule has 0 atom stereocenters. The monoisotopic (exact) mass is 158 g/mol. The quantitative estimate of drug-likeness (QED) is 0.558. The van der Waals surface area contributed by atoms with Crippen LogP contribution in [-0.4, -0.2) is 25.5 Å². The van der Waals surface area contributed by atoms with E-state index >= 15 is 0 Å². The molecule has 1 heteroatoms. The largest absolute Gasteiger partial charge is 0.299 e. The van der Waals surface area contributed by atoms with Gasteiger partial charge in [-0.15, -0.1) is 0 Å². The minimum Gasteiger partial charge on any atom is -0.299 e. The normalized spacial score (nSPS) is 9.25. The molecule has 1 radical (unpaired) electrons. The van der Waals surface area contributed by atoms with Crippen LogP contribution in [0.3, 0.4) is 0 Å². The van der Waals surface area contributed by atoms with E-state index in [9.17, 15) is 0 Å². The van der Waals surface area contributed by atoms with Crippen molar-refractivity contribution in [2.75, 3.05) is 20.6 Å². The summed E-state index contributed by atoms with van der Waals surface area (Å²) >= 11 is 0. The average molecular weight is 158 g/mol. The predicted molar refractivity (Wildman–Crippen MR) is 50.7 cm³/mol. The van der Waals surface area contributed by atoms with Gasteiger partial charge in [0.2, 0.25) is 0 Å². The van der Waals surface area contributed by atoms with Crippen LogP contribution in [-0.2, 0) is 0 Å². The number of nitrogens with zero attached hydrogens (tertiary/aromatic N) is 1. The SMILES string of the molecule is CN(C)CC#Cc1c[c]ccc1. The molecular weight excluding hydrogens is 146 g/mol. The second kappa shape index (κ2) is 4.58. The predicted octanol–water partition coefficient (Wildman–Crippen LogP) is 1.40. The van der Waals surface area contributed by atoms with Gasteiger partial charge in [-0.2, -0.15) is 0 Å². The number of hydrogen-bond donors (Lipinski definition) is 0. The van der Waals surface area contributed by atoms with Crippen molar-refractivity contribution in [1.29, 1.82) is 0 Å². The van der Waals surface area contributed by atoms with E-state index < -0.39 is 0 Å². The molecule has 0 saturated heterocycles. The van der Waals surface area contributed by atoms with Crippen molar-refractivity contribution in [3.05, 3.63) is 35.9 Å². The van der Waals surface area contributed by atoms with E-state index in [0.717, 1.165) is 12.1 Å². The maximum absolute atomic E-state index is 3.06. The first kappa shape index (κ1) is 8.83. The van der Waals surface area contributed by atoms with E-state index in [1.807, 2.05) is 43.3 Å². The Hall–Kier alpha value is -1.26. The van der Waals surface area contributed by atoms with Gasteiger partial charge in [0.1, 0.15) is 0 Å². The van der Waals surface area contributed by atoms with Crippen LogP contribution in [0.4, 0.5) is 0 Å². The average Bonchev–Trinajstić information content (AvgIpc) is 2.05. The fourth-order valence-electron chi connectivity index (χ4n) is 0.771. The summed E-state index contributed by atoms with van der Waals surface area (Å²) < 4.78 is 0. The van der Waals surface area contributed by atoms with Gasteiger partial charge >= 0.3 is 0 Å². The van der Waals surface area contributed by atoms with Gasteiger partial charge in [0.05, 0.1) is 6.54 Å². The van der Waals surface area contributed by atoms with Gasteiger partial charge in [0, 0.05) is 5.56 Å². The summed E-state index contributed by atoms with van der Waals surface area (Å²) in [6.45, 7) is 0.800. The molecule has 1 nitrogen and oxygen atoms in total. The maximum atomic E-state index is 3.06. The highest BCUT2D eigenvalue weighted by Crippen LogP contribution is 1.93. The summed E-state index contributed by atoms with van der Waals surface area (Å²) in [5.74, 6) is 6.11. The minimum absolute atomic E-state index is 0.800. The van der Waals surface area contributed by atoms with Gasteiger partial charge in [-0.3, -0.25) is 4.90 Å². The summed E-state index contributed by atoms with van der Waals surface area (Å²) in [6.07, 6.45) is 0. The highest BCUT2D eigenvalue weighted by Gasteiger charge is 1.82. The van der Waals surface area contributed by atoms with Crippen LogP contribution in [0.25, 0.3) is 0 Å². The highest BCUT2D eigenvalue weighted by molar-refractivity contribution is 5.33. The summed E-state index contributed by atoms with van der Waals surface area (Å²) in [4.78, 5) is 2.04. The van der Waals surface area contributed by atoms with E-state index in [1.165, 1.54) is 0 Å². The Morgan fingerprint density at radius 2 is 2.33 bits per heavy atom. The van der Waals surface area contributed by atoms with Gasteiger partial charge in [-0.1, -0.05) is 24.0 Å². The summed E-state index contributed by atoms with van der Waals surface area (Å²) in [7, 11) is 4.01. The molecule has 0 heterocycles. The Morgan fingerprint density at radius 1 is 1.50 bits per heavy atom. The number of hydrogen-bond acceptors (Lipinski definition) is 1. The second-order valence-corrected chi connectivity index (χ2v) is 2.83. The molecule has 1 aromatic rings. The molecule has 61 valence electrons. The van der Waals surface area contributed by atoms with Crippen molar-refractivity contribution in [2.24, 2.45) is 0 Å². The first-order valence-corrected chi connectivity index (χ1v) is 3.89. The van der Waals surface area contributed by atoms with Gasteiger partial charge in [0.25, 0.3) is 0 Å². The lowest BCUT2D eigenvalue weighted by molar-refractivity contribution is 0.464. The van der Waals surface area contributed by atoms with E-state index in [1.54, 1.807) is 0 Å². The van der Waals surface area contributed by atoms with E-state index in [4.69, 9.17) is 0 Å². The minimum atomic E-state index is 0.800. The van der Waals surface area contributed by atoms with Crippen molar-refractivity contribution < 1.29 is 0 Å². The van der Waals surface area contributed by atoms with Crippen molar-refractivity contribution in [3.8, 4) is 11.8 Å². The fourth-order valence-corrected chi connectivity index (χ4v) is 0.771. The van der Waals surface area contributed by atoms with Crippen LogP contribution in [0.5, 0.6) is 0 Å². The Balaban J connectivity index is 2.55. The number of rotatable bonds is 1. The van der Waals surface area contributed by atoms with E-state index in [-0.39, 0.29) is 0 Å². The summed E-state index contributed by atoms with van der Waals surface area (Å²) in [6, 6.07) is 10.7. The van der Waals surface area contributed by atoms with E-state index in [2.05, 4.69) is 17.9 Å². The Kier molecular flexibility index (Phi) is 3.37. The zero-order valence-electron chi connectivity index (χ0n) is 7.46. The van der Waals surface area contributed by atoms with Gasteiger partial charge < -0.3 is 0 Å². The zero-order valence-corrected chi connectivity index (χ0v) is 7.46. The lowest BCUT2D eigenvalue weighted by Gasteiger charge is -2.00. The lowest BCUT2D eigenvalue weighted by Crippen LogP contribution is -2.10. The fraction of sp³-hybridized carbons (Fsp3) is 0.273. The van der Waals surface area contributed by atoms with Crippen molar-refractivity contribution in [2.45, 2.75) is 0 Å². The van der Waals surface area contributed by atoms with E-state index in [0.29, 0.717) is 0 Å². The van der Waals surface area contributed by atoms with Gasteiger partial charge in [-0.05, 0) is 32.3 Å². The van der Waals surface area contributed by atoms with Crippen LogP contribution >= 0.6 is 0 Å². The van der Waals surface area contributed by atoms with Crippen LogP contribution in [0.2, 0.25) is 0 Å². The first-order chi connectivity index (χ1) is 5.79. The van der Waals surface area contributed by atoms with Crippen LogP contribution in [0, 0.1) is 17.9 Å². The molecular formula is C11H12N. The highest BCUT2D eigenvalue weighted by atomic mass is 15.0. The molecule has 0 aliphatic carbocycles. The smallest absolute Gasteiger partial charge is 0.0600 e. The third-order valence-corrected chi connectivity index (χ3v) is 1.34. The van der Waals surface area contributed by atoms with Crippen molar-refractivity contribution >= 4 is 0 Å². The molecule has 0 aliphatic heterocycles. The molecule has 0 spiro atoms. The first-order valence-electron chi connectivity index (χ1n) is 3.89. The molecule has 12 heavy (non-hydrogen) atoms. The number of benzene rings is 1. The molecule has 0 aliphatic rings. The maximum Gasteiger partial charge on any atom is 0.0600 e. The summed E-state index contributed by atoms with van der Waals surface area (Å²) in [5.41, 5.74) is 1.03. The second-order valence-electron chi connectivity index (χ2n) is 2.83. The van der Waals surface area contributed by atoms with Gasteiger partial charge in [0.15, 0.2) is 0 Å². The zero-order chi connectivity index (χ0) is 8.81. The topological polar surface area (TPSA) is 3.24 Å². The van der Waals surface area contributed by atoms with Crippen LogP contribution in [0.15, 0.2) is 24.3 Å². The third-order valence-electron chi connectivity index (χ3n) is 1.34. The third kappa shape index (κ3) is 3.23. The van der Waals surface area contributed by atoms with Gasteiger partial charge in [-0.25, -0.2) is 0 Å². The molecule has 0 aromatic heterocycles. The Bertz CT molecular complexity index is 277. The summed E-state index contributed by atoms with van der Waals surface area (Å²) in [5, 5.41) is 0. The molecule has 0 bridgehead atoms. The standard InChI is InChI=1S/C11H12N/c1-12(2)10-6-9-11-7-4-3-5-8-11/h3-4,7-8H,10H2,1-2H3. The molecule has 0 unspecified atom stereocenters. The Labute approximate surface area is 74.0 Å².